The Bertz CT molecular complexity index is 416. The van der Waals surface area contributed by atoms with Crippen molar-refractivity contribution in [1.82, 2.24) is 4.90 Å². The van der Waals surface area contributed by atoms with E-state index in [0.717, 1.165) is 19.4 Å². The second-order valence-electron chi connectivity index (χ2n) is 5.58. The van der Waals surface area contributed by atoms with Gasteiger partial charge in [-0.15, -0.1) is 11.6 Å². The molecule has 1 amide bonds. The Hall–Kier alpha value is -1.02. The van der Waals surface area contributed by atoms with Gasteiger partial charge in [0.2, 0.25) is 5.91 Å². The van der Waals surface area contributed by atoms with Crippen LogP contribution in [0, 0.1) is 5.41 Å². The van der Waals surface area contributed by atoms with Crippen LogP contribution in [0.2, 0.25) is 0 Å². The van der Waals surface area contributed by atoms with Crippen molar-refractivity contribution in [2.45, 2.75) is 32.7 Å². The number of nitrogens with zero attached hydrogens (tertiary/aromatic N) is 1. The van der Waals surface area contributed by atoms with E-state index in [4.69, 9.17) is 11.6 Å². The zero-order valence-electron chi connectivity index (χ0n) is 11.0. The minimum atomic E-state index is -0.473. The molecule has 1 aliphatic heterocycles. The summed E-state index contributed by atoms with van der Waals surface area (Å²) in [5, 5.41) is 0. The molecule has 1 aliphatic rings. The summed E-state index contributed by atoms with van der Waals surface area (Å²) in [4.78, 5) is 14.5. The van der Waals surface area contributed by atoms with Crippen LogP contribution in [0.1, 0.15) is 38.3 Å². The molecule has 3 heteroatoms. The summed E-state index contributed by atoms with van der Waals surface area (Å²) in [5.41, 5.74) is 0.757. The van der Waals surface area contributed by atoms with Crippen molar-refractivity contribution >= 4 is 17.5 Å². The number of hydrogen-bond acceptors (Lipinski definition) is 1. The first-order valence-electron chi connectivity index (χ1n) is 6.48. The zero-order valence-corrected chi connectivity index (χ0v) is 11.8. The summed E-state index contributed by atoms with van der Waals surface area (Å²) >= 11 is 5.91. The Morgan fingerprint density at radius 2 is 2.06 bits per heavy atom. The highest BCUT2D eigenvalue weighted by atomic mass is 35.5. The second kappa shape index (κ2) is 5.31. The van der Waals surface area contributed by atoms with Crippen molar-refractivity contribution in [3.63, 3.8) is 0 Å². The molecule has 0 N–H and O–H groups in total. The number of benzene rings is 1. The highest BCUT2D eigenvalue weighted by Crippen LogP contribution is 2.35. The average Bonchev–Trinajstić information content (AvgIpc) is 2.87. The summed E-state index contributed by atoms with van der Waals surface area (Å²) in [6.07, 6.45) is 2.12. The van der Waals surface area contributed by atoms with Gasteiger partial charge in [0.25, 0.3) is 0 Å². The van der Waals surface area contributed by atoms with Gasteiger partial charge in [0.15, 0.2) is 0 Å². The Morgan fingerprint density at radius 3 is 2.67 bits per heavy atom. The van der Waals surface area contributed by atoms with E-state index in [0.29, 0.717) is 5.88 Å². The van der Waals surface area contributed by atoms with Crippen molar-refractivity contribution < 1.29 is 4.79 Å². The van der Waals surface area contributed by atoms with E-state index in [1.165, 1.54) is 5.56 Å². The maximum Gasteiger partial charge on any atom is 0.229 e. The Morgan fingerprint density at radius 1 is 1.39 bits per heavy atom. The van der Waals surface area contributed by atoms with Crippen LogP contribution in [0.25, 0.3) is 0 Å². The molecule has 0 radical (unpaired) electrons. The van der Waals surface area contributed by atoms with E-state index in [-0.39, 0.29) is 11.9 Å². The molecule has 1 atom stereocenters. The van der Waals surface area contributed by atoms with Crippen LogP contribution in [0.15, 0.2) is 30.3 Å². The minimum absolute atomic E-state index is 0.170. The zero-order chi connectivity index (χ0) is 13.2. The highest BCUT2D eigenvalue weighted by molar-refractivity contribution is 6.19. The van der Waals surface area contributed by atoms with Crippen LogP contribution in [-0.2, 0) is 4.79 Å². The van der Waals surface area contributed by atoms with E-state index in [1.807, 2.05) is 36.9 Å². The lowest BCUT2D eigenvalue weighted by Crippen LogP contribution is -2.41. The van der Waals surface area contributed by atoms with Crippen LogP contribution in [-0.4, -0.2) is 23.2 Å². The normalized spacial score (nSPS) is 20.2. The van der Waals surface area contributed by atoms with E-state index in [9.17, 15) is 4.79 Å². The molecular weight excluding hydrogens is 246 g/mol. The summed E-state index contributed by atoms with van der Waals surface area (Å²) < 4.78 is 0. The third kappa shape index (κ3) is 2.54. The SMILES string of the molecule is CC(C)(CCl)C(=O)N1CCCC1c1ccccc1. The van der Waals surface area contributed by atoms with Gasteiger partial charge in [-0.1, -0.05) is 30.3 Å². The molecule has 0 bridgehead atoms. The molecule has 1 aromatic rings. The van der Waals surface area contributed by atoms with Gasteiger partial charge >= 0.3 is 0 Å². The molecule has 1 unspecified atom stereocenters. The number of amides is 1. The van der Waals surface area contributed by atoms with Crippen molar-refractivity contribution in [2.75, 3.05) is 12.4 Å². The summed E-state index contributed by atoms with van der Waals surface area (Å²) in [7, 11) is 0. The van der Waals surface area contributed by atoms with Crippen LogP contribution in [0.3, 0.4) is 0 Å². The maximum absolute atomic E-state index is 12.5. The Balaban J connectivity index is 2.21. The fraction of sp³-hybridized carbons (Fsp3) is 0.533. The topological polar surface area (TPSA) is 20.3 Å². The standard InChI is InChI=1S/C15H20ClNO/c1-15(2,11-16)14(18)17-10-6-9-13(17)12-7-4-3-5-8-12/h3-5,7-8,13H,6,9-11H2,1-2H3. The second-order valence-corrected chi connectivity index (χ2v) is 5.85. The molecule has 1 aromatic carbocycles. The van der Waals surface area contributed by atoms with Gasteiger partial charge in [-0.3, -0.25) is 4.79 Å². The number of hydrogen-bond donors (Lipinski definition) is 0. The molecule has 1 fully saturated rings. The maximum atomic E-state index is 12.5. The van der Waals surface area contributed by atoms with E-state index in [2.05, 4.69) is 12.1 Å². The van der Waals surface area contributed by atoms with Crippen LogP contribution in [0.5, 0.6) is 0 Å². The molecule has 1 saturated heterocycles. The summed E-state index contributed by atoms with van der Waals surface area (Å²) in [5.74, 6) is 0.535. The van der Waals surface area contributed by atoms with Crippen LogP contribution < -0.4 is 0 Å². The molecule has 0 spiro atoms. The first kappa shape index (κ1) is 13.4. The largest absolute Gasteiger partial charge is 0.335 e. The highest BCUT2D eigenvalue weighted by Gasteiger charge is 2.37. The monoisotopic (exact) mass is 265 g/mol. The third-order valence-corrected chi connectivity index (χ3v) is 4.28. The molecule has 1 heterocycles. The Kier molecular flexibility index (Phi) is 3.96. The van der Waals surface area contributed by atoms with Gasteiger partial charge in [0.1, 0.15) is 0 Å². The fourth-order valence-electron chi connectivity index (χ4n) is 2.48. The van der Waals surface area contributed by atoms with Gasteiger partial charge in [0.05, 0.1) is 11.5 Å². The molecule has 0 saturated carbocycles. The van der Waals surface area contributed by atoms with Crippen molar-refractivity contribution in [3.8, 4) is 0 Å². The predicted octanol–water partition coefficient (Wildman–Crippen LogP) is 3.62. The number of carbonyl (C=O) groups excluding carboxylic acids is 1. The van der Waals surface area contributed by atoms with Crippen molar-refractivity contribution in [3.05, 3.63) is 35.9 Å². The smallest absolute Gasteiger partial charge is 0.229 e. The third-order valence-electron chi connectivity index (χ3n) is 3.61. The lowest BCUT2D eigenvalue weighted by atomic mass is 9.93. The summed E-state index contributed by atoms with van der Waals surface area (Å²) in [6.45, 7) is 4.68. The minimum Gasteiger partial charge on any atom is -0.335 e. The first-order valence-corrected chi connectivity index (χ1v) is 7.02. The average molecular weight is 266 g/mol. The predicted molar refractivity (Wildman–Crippen MR) is 74.6 cm³/mol. The molecular formula is C15H20ClNO. The molecule has 18 heavy (non-hydrogen) atoms. The molecule has 2 nitrogen and oxygen atoms in total. The number of halogens is 1. The number of rotatable bonds is 3. The van der Waals surface area contributed by atoms with E-state index >= 15 is 0 Å². The fourth-order valence-corrected chi connectivity index (χ4v) is 2.59. The molecule has 0 aromatic heterocycles. The summed E-state index contributed by atoms with van der Waals surface area (Å²) in [6, 6.07) is 10.5. The number of carbonyl (C=O) groups is 1. The quantitative estimate of drug-likeness (QED) is 0.765. The van der Waals surface area contributed by atoms with Gasteiger partial charge < -0.3 is 4.90 Å². The van der Waals surface area contributed by atoms with Gasteiger partial charge in [-0.2, -0.15) is 0 Å². The molecule has 2 rings (SSSR count). The lowest BCUT2D eigenvalue weighted by molar-refractivity contribution is -0.140. The van der Waals surface area contributed by atoms with Gasteiger partial charge in [-0.25, -0.2) is 0 Å². The van der Waals surface area contributed by atoms with Gasteiger partial charge in [0, 0.05) is 12.4 Å². The van der Waals surface area contributed by atoms with E-state index in [1.54, 1.807) is 0 Å². The number of alkyl halides is 1. The Labute approximate surface area is 114 Å². The van der Waals surface area contributed by atoms with Crippen LogP contribution in [0.4, 0.5) is 0 Å². The molecule has 98 valence electrons. The van der Waals surface area contributed by atoms with Crippen LogP contribution >= 0.6 is 11.6 Å². The van der Waals surface area contributed by atoms with Crippen molar-refractivity contribution in [2.24, 2.45) is 5.41 Å². The molecule has 0 aliphatic carbocycles. The van der Waals surface area contributed by atoms with Crippen molar-refractivity contribution in [1.29, 1.82) is 0 Å². The number of likely N-dealkylation sites (tertiary alicyclic amines) is 1. The van der Waals surface area contributed by atoms with Gasteiger partial charge in [-0.05, 0) is 32.3 Å². The first-order chi connectivity index (χ1) is 8.56. The van der Waals surface area contributed by atoms with E-state index < -0.39 is 5.41 Å². The lowest BCUT2D eigenvalue weighted by Gasteiger charge is -2.32.